The van der Waals surface area contributed by atoms with Crippen molar-refractivity contribution < 1.29 is 14.5 Å². The fourth-order valence-electron chi connectivity index (χ4n) is 3.33. The number of anilines is 1. The first-order valence-corrected chi connectivity index (χ1v) is 9.67. The van der Waals surface area contributed by atoms with Gasteiger partial charge >= 0.3 is 0 Å². The summed E-state index contributed by atoms with van der Waals surface area (Å²) < 4.78 is 5.76. The Hall–Kier alpha value is -2.80. The molecule has 4 rings (SSSR count). The first-order valence-electron chi connectivity index (χ1n) is 9.29. The van der Waals surface area contributed by atoms with Crippen LogP contribution >= 0.6 is 11.6 Å². The largest absolute Gasteiger partial charge is 0.493 e. The number of ether oxygens (including phenoxy) is 1. The maximum atomic E-state index is 12.2. The van der Waals surface area contributed by atoms with E-state index in [4.69, 9.17) is 16.3 Å². The second-order valence-electron chi connectivity index (χ2n) is 7.11. The topological polar surface area (TPSA) is 93.5 Å². The van der Waals surface area contributed by atoms with Crippen LogP contribution in [0.2, 0.25) is 5.02 Å². The fourth-order valence-corrected chi connectivity index (χ4v) is 3.49. The van der Waals surface area contributed by atoms with Gasteiger partial charge in [-0.25, -0.2) is 0 Å². The summed E-state index contributed by atoms with van der Waals surface area (Å²) in [7, 11) is 0. The molecule has 2 aromatic carbocycles. The highest BCUT2D eigenvalue weighted by Crippen LogP contribution is 2.37. The van der Waals surface area contributed by atoms with E-state index in [0.717, 1.165) is 31.2 Å². The summed E-state index contributed by atoms with van der Waals surface area (Å²) in [4.78, 5) is 23.4. The first-order chi connectivity index (χ1) is 13.5. The SMILES string of the molecule is O=C(NC1CC1)c1ccc(NC2CCCOc3cc(Cl)ccc32)c([N+](=O)[O-])c1. The van der Waals surface area contributed by atoms with E-state index in [1.807, 2.05) is 6.07 Å². The Kier molecular flexibility index (Phi) is 5.09. The molecule has 2 aromatic rings. The van der Waals surface area contributed by atoms with E-state index in [1.165, 1.54) is 6.07 Å². The van der Waals surface area contributed by atoms with E-state index in [2.05, 4.69) is 10.6 Å². The van der Waals surface area contributed by atoms with Crippen LogP contribution in [0.5, 0.6) is 5.75 Å². The second kappa shape index (κ2) is 7.67. The molecule has 2 aliphatic rings. The molecule has 0 saturated heterocycles. The lowest BCUT2D eigenvalue weighted by molar-refractivity contribution is -0.384. The highest BCUT2D eigenvalue weighted by Gasteiger charge is 2.27. The van der Waals surface area contributed by atoms with Crippen LogP contribution in [-0.2, 0) is 0 Å². The van der Waals surface area contributed by atoms with Crippen molar-refractivity contribution in [1.82, 2.24) is 5.32 Å². The van der Waals surface area contributed by atoms with Crippen molar-refractivity contribution >= 4 is 28.9 Å². The van der Waals surface area contributed by atoms with Crippen molar-refractivity contribution in [3.8, 4) is 5.75 Å². The zero-order valence-corrected chi connectivity index (χ0v) is 15.9. The highest BCUT2D eigenvalue weighted by atomic mass is 35.5. The van der Waals surface area contributed by atoms with Crippen LogP contribution in [0.1, 0.15) is 47.6 Å². The van der Waals surface area contributed by atoms with Crippen molar-refractivity contribution in [2.75, 3.05) is 11.9 Å². The quantitative estimate of drug-likeness (QED) is 0.569. The van der Waals surface area contributed by atoms with Crippen LogP contribution in [0.4, 0.5) is 11.4 Å². The van der Waals surface area contributed by atoms with Crippen LogP contribution in [-0.4, -0.2) is 23.5 Å². The number of amides is 1. The van der Waals surface area contributed by atoms with Gasteiger partial charge in [0.05, 0.1) is 17.6 Å². The smallest absolute Gasteiger partial charge is 0.293 e. The molecule has 1 fully saturated rings. The Balaban J connectivity index is 1.62. The lowest BCUT2D eigenvalue weighted by Gasteiger charge is -2.20. The Labute approximate surface area is 167 Å². The molecule has 1 atom stereocenters. The molecule has 8 heteroatoms. The molecular weight excluding hydrogens is 382 g/mol. The van der Waals surface area contributed by atoms with Crippen molar-refractivity contribution in [2.24, 2.45) is 0 Å². The van der Waals surface area contributed by atoms with Crippen molar-refractivity contribution in [2.45, 2.75) is 37.8 Å². The average Bonchev–Trinajstić information content (AvgIpc) is 3.49. The number of nitro groups is 1. The number of nitrogens with zero attached hydrogens (tertiary/aromatic N) is 1. The van der Waals surface area contributed by atoms with Crippen LogP contribution in [0.25, 0.3) is 0 Å². The fraction of sp³-hybridized carbons (Fsp3) is 0.350. The number of hydrogen-bond acceptors (Lipinski definition) is 5. The molecule has 1 heterocycles. The zero-order valence-electron chi connectivity index (χ0n) is 15.1. The molecular formula is C20H20ClN3O4. The number of benzene rings is 2. The summed E-state index contributed by atoms with van der Waals surface area (Å²) in [6.07, 6.45) is 3.48. The minimum atomic E-state index is -0.466. The third-order valence-corrected chi connectivity index (χ3v) is 5.18. The van der Waals surface area contributed by atoms with Gasteiger partial charge in [0, 0.05) is 28.3 Å². The molecule has 1 amide bonds. The number of halogens is 1. The van der Waals surface area contributed by atoms with Crippen molar-refractivity contribution in [3.05, 3.63) is 62.7 Å². The standard InChI is InChI=1S/C20H20ClN3O4/c21-13-4-7-15-16(2-1-9-28-19(15)11-13)23-17-8-3-12(10-18(17)24(26)27)20(25)22-14-5-6-14/h3-4,7-8,10-11,14,16,23H,1-2,5-6,9H2,(H,22,25). The van der Waals surface area contributed by atoms with Gasteiger partial charge in [0.1, 0.15) is 11.4 Å². The van der Waals surface area contributed by atoms with Gasteiger partial charge in [0.25, 0.3) is 11.6 Å². The predicted molar refractivity (Wildman–Crippen MR) is 106 cm³/mol. The number of carbonyl (C=O) groups excluding carboxylic acids is 1. The van der Waals surface area contributed by atoms with Crippen molar-refractivity contribution in [1.29, 1.82) is 0 Å². The maximum absolute atomic E-state index is 12.2. The lowest BCUT2D eigenvalue weighted by atomic mass is 10.0. The summed E-state index contributed by atoms with van der Waals surface area (Å²) in [6.45, 7) is 0.563. The number of nitrogens with one attached hydrogen (secondary N) is 2. The third kappa shape index (κ3) is 4.04. The van der Waals surface area contributed by atoms with E-state index >= 15 is 0 Å². The molecule has 1 unspecified atom stereocenters. The van der Waals surface area contributed by atoms with E-state index in [0.29, 0.717) is 28.6 Å². The molecule has 1 aliphatic heterocycles. The Morgan fingerprint density at radius 1 is 1.18 bits per heavy atom. The summed E-state index contributed by atoms with van der Waals surface area (Å²) >= 11 is 6.06. The number of hydrogen-bond donors (Lipinski definition) is 2. The molecule has 7 nitrogen and oxygen atoms in total. The Bertz CT molecular complexity index is 930. The normalized spacial score (nSPS) is 18.4. The van der Waals surface area contributed by atoms with E-state index in [9.17, 15) is 14.9 Å². The average molecular weight is 402 g/mol. The number of carbonyl (C=O) groups is 1. The molecule has 0 spiro atoms. The zero-order chi connectivity index (χ0) is 19.7. The Morgan fingerprint density at radius 3 is 2.75 bits per heavy atom. The summed E-state index contributed by atoms with van der Waals surface area (Å²) in [5.41, 5.74) is 1.46. The summed E-state index contributed by atoms with van der Waals surface area (Å²) in [6, 6.07) is 10.0. The van der Waals surface area contributed by atoms with Crippen LogP contribution < -0.4 is 15.4 Å². The van der Waals surface area contributed by atoms with E-state index < -0.39 is 4.92 Å². The molecule has 0 radical (unpaired) electrons. The van der Waals surface area contributed by atoms with E-state index in [-0.39, 0.29) is 23.7 Å². The van der Waals surface area contributed by atoms with Gasteiger partial charge < -0.3 is 15.4 Å². The minimum Gasteiger partial charge on any atom is -0.493 e. The number of rotatable bonds is 5. The second-order valence-corrected chi connectivity index (χ2v) is 7.54. The monoisotopic (exact) mass is 401 g/mol. The molecule has 28 heavy (non-hydrogen) atoms. The van der Waals surface area contributed by atoms with Gasteiger partial charge in [0.2, 0.25) is 0 Å². The molecule has 0 bridgehead atoms. The van der Waals surface area contributed by atoms with Gasteiger partial charge in [-0.15, -0.1) is 0 Å². The number of fused-ring (bicyclic) bond motifs is 1. The first kappa shape index (κ1) is 18.6. The molecule has 1 aliphatic carbocycles. The minimum absolute atomic E-state index is 0.121. The maximum Gasteiger partial charge on any atom is 0.293 e. The molecule has 146 valence electrons. The Morgan fingerprint density at radius 2 is 2.00 bits per heavy atom. The predicted octanol–water partition coefficient (Wildman–Crippen LogP) is 4.47. The summed E-state index contributed by atoms with van der Waals surface area (Å²) in [5.74, 6) is 0.408. The van der Waals surface area contributed by atoms with Gasteiger partial charge in [-0.3, -0.25) is 14.9 Å². The van der Waals surface area contributed by atoms with Gasteiger partial charge in [-0.2, -0.15) is 0 Å². The highest BCUT2D eigenvalue weighted by molar-refractivity contribution is 6.30. The molecule has 1 saturated carbocycles. The third-order valence-electron chi connectivity index (χ3n) is 4.94. The lowest BCUT2D eigenvalue weighted by Crippen LogP contribution is -2.25. The summed E-state index contributed by atoms with van der Waals surface area (Å²) in [5, 5.41) is 18.3. The van der Waals surface area contributed by atoms with Gasteiger partial charge in [-0.05, 0) is 49.9 Å². The number of nitro benzene ring substituents is 1. The van der Waals surface area contributed by atoms with Gasteiger partial charge in [-0.1, -0.05) is 17.7 Å². The van der Waals surface area contributed by atoms with E-state index in [1.54, 1.807) is 24.3 Å². The van der Waals surface area contributed by atoms with Crippen LogP contribution in [0.3, 0.4) is 0 Å². The molecule has 0 aromatic heterocycles. The molecule has 2 N–H and O–H groups in total. The van der Waals surface area contributed by atoms with Crippen LogP contribution in [0.15, 0.2) is 36.4 Å². The van der Waals surface area contributed by atoms with Gasteiger partial charge in [0.15, 0.2) is 0 Å². The van der Waals surface area contributed by atoms with Crippen LogP contribution in [0, 0.1) is 10.1 Å². The van der Waals surface area contributed by atoms with Crippen molar-refractivity contribution in [3.63, 3.8) is 0 Å².